The molecule has 0 aromatic heterocycles. The molecule has 24 heavy (non-hydrogen) atoms. The van der Waals surface area contributed by atoms with Gasteiger partial charge in [0.05, 0.1) is 13.2 Å². The van der Waals surface area contributed by atoms with Crippen LogP contribution in [0.25, 0.3) is 0 Å². The first-order chi connectivity index (χ1) is 11.7. The highest BCUT2D eigenvalue weighted by Gasteiger charge is 2.27. The molecule has 4 nitrogen and oxygen atoms in total. The Morgan fingerprint density at radius 3 is 2.79 bits per heavy atom. The summed E-state index contributed by atoms with van der Waals surface area (Å²) in [6.07, 6.45) is 2.10. The Labute approximate surface area is 143 Å². The molecule has 1 heterocycles. The second-order valence-corrected chi connectivity index (χ2v) is 5.97. The summed E-state index contributed by atoms with van der Waals surface area (Å²) in [5.41, 5.74) is 3.19. The van der Waals surface area contributed by atoms with Gasteiger partial charge in [-0.05, 0) is 36.6 Å². The Bertz CT molecular complexity index is 714. The molecule has 0 radical (unpaired) electrons. The molecule has 4 heteroatoms. The molecular formula is C20H23NO3. The highest BCUT2D eigenvalue weighted by atomic mass is 16.5. The molecule has 1 unspecified atom stereocenters. The van der Waals surface area contributed by atoms with Crippen molar-refractivity contribution in [1.82, 2.24) is 0 Å². The molecule has 3 rings (SSSR count). The van der Waals surface area contributed by atoms with Crippen LogP contribution in [-0.2, 0) is 16.0 Å². The number of nitrogens with zero attached hydrogens (tertiary/aromatic N) is 1. The quantitative estimate of drug-likeness (QED) is 0.840. The number of aryl methyl sites for hydroxylation is 1. The first kappa shape index (κ1) is 16.5. The number of amides is 1. The summed E-state index contributed by atoms with van der Waals surface area (Å²) in [6, 6.07) is 15.9. The molecule has 2 aromatic carbocycles. The van der Waals surface area contributed by atoms with E-state index in [0.717, 1.165) is 29.0 Å². The Balaban J connectivity index is 1.71. The second kappa shape index (κ2) is 7.49. The molecule has 1 amide bonds. The summed E-state index contributed by atoms with van der Waals surface area (Å²) >= 11 is 0. The maximum atomic E-state index is 12.7. The highest BCUT2D eigenvalue weighted by molar-refractivity contribution is 5.94. The van der Waals surface area contributed by atoms with Crippen molar-refractivity contribution in [3.05, 3.63) is 59.7 Å². The molecule has 0 fully saturated rings. The third-order valence-corrected chi connectivity index (χ3v) is 4.54. The van der Waals surface area contributed by atoms with Crippen molar-refractivity contribution in [2.75, 3.05) is 25.7 Å². The van der Waals surface area contributed by atoms with Gasteiger partial charge in [-0.1, -0.05) is 30.3 Å². The highest BCUT2D eigenvalue weighted by Crippen LogP contribution is 2.35. The minimum Gasteiger partial charge on any atom is -0.497 e. The molecule has 0 saturated carbocycles. The summed E-state index contributed by atoms with van der Waals surface area (Å²) in [6.45, 7) is 0.701. The first-order valence-corrected chi connectivity index (χ1v) is 8.28. The van der Waals surface area contributed by atoms with Crippen LogP contribution in [-0.4, -0.2) is 26.7 Å². The summed E-state index contributed by atoms with van der Waals surface area (Å²) in [7, 11) is 3.38. The van der Waals surface area contributed by atoms with Gasteiger partial charge in [-0.15, -0.1) is 0 Å². The first-order valence-electron chi connectivity index (χ1n) is 8.28. The van der Waals surface area contributed by atoms with Gasteiger partial charge in [0.1, 0.15) is 5.75 Å². The molecule has 0 aliphatic carbocycles. The van der Waals surface area contributed by atoms with Crippen LogP contribution in [0.2, 0.25) is 0 Å². The lowest BCUT2D eigenvalue weighted by Crippen LogP contribution is -2.37. The summed E-state index contributed by atoms with van der Waals surface area (Å²) in [5.74, 6) is 0.978. The third kappa shape index (κ3) is 3.44. The molecule has 0 saturated heterocycles. The van der Waals surface area contributed by atoms with E-state index in [9.17, 15) is 4.79 Å². The van der Waals surface area contributed by atoms with E-state index in [-0.39, 0.29) is 12.0 Å². The predicted molar refractivity (Wildman–Crippen MR) is 94.5 cm³/mol. The third-order valence-electron chi connectivity index (χ3n) is 4.54. The number of fused-ring (bicyclic) bond motifs is 1. The van der Waals surface area contributed by atoms with E-state index < -0.39 is 0 Å². The number of hydrogen-bond acceptors (Lipinski definition) is 3. The molecular weight excluding hydrogens is 302 g/mol. The predicted octanol–water partition coefficient (Wildman–Crippen LogP) is 3.75. The number of anilines is 1. The van der Waals surface area contributed by atoms with Crippen LogP contribution in [0.15, 0.2) is 48.5 Å². The fourth-order valence-corrected chi connectivity index (χ4v) is 3.25. The standard InChI is InChI=1S/C20H23NO3/c1-23-16-7-5-6-15(14-16)10-11-20(22)21-13-12-19(24-2)17-8-3-4-9-18(17)21/h3-9,14,19H,10-13H2,1-2H3. The van der Waals surface area contributed by atoms with Crippen LogP contribution >= 0.6 is 0 Å². The van der Waals surface area contributed by atoms with Crippen molar-refractivity contribution < 1.29 is 14.3 Å². The fraction of sp³-hybridized carbons (Fsp3) is 0.350. The molecule has 0 N–H and O–H groups in total. The van der Waals surface area contributed by atoms with E-state index in [4.69, 9.17) is 9.47 Å². The van der Waals surface area contributed by atoms with E-state index in [1.807, 2.05) is 53.4 Å². The fourth-order valence-electron chi connectivity index (χ4n) is 3.25. The molecule has 0 spiro atoms. The van der Waals surface area contributed by atoms with Crippen LogP contribution in [0.3, 0.4) is 0 Å². The zero-order valence-corrected chi connectivity index (χ0v) is 14.2. The van der Waals surface area contributed by atoms with Gasteiger partial charge in [0, 0.05) is 31.3 Å². The number of carbonyl (C=O) groups excluding carboxylic acids is 1. The molecule has 1 aliphatic rings. The summed E-state index contributed by atoms with van der Waals surface area (Å²) < 4.78 is 10.8. The topological polar surface area (TPSA) is 38.8 Å². The Kier molecular flexibility index (Phi) is 5.16. The lowest BCUT2D eigenvalue weighted by Gasteiger charge is -2.33. The van der Waals surface area contributed by atoms with Crippen LogP contribution in [0.5, 0.6) is 5.75 Å². The van der Waals surface area contributed by atoms with Crippen LogP contribution < -0.4 is 9.64 Å². The molecule has 2 aromatic rings. The van der Waals surface area contributed by atoms with Crippen molar-refractivity contribution >= 4 is 11.6 Å². The van der Waals surface area contributed by atoms with Gasteiger partial charge in [0.15, 0.2) is 0 Å². The lowest BCUT2D eigenvalue weighted by atomic mass is 9.98. The van der Waals surface area contributed by atoms with Crippen molar-refractivity contribution in [3.8, 4) is 5.75 Å². The van der Waals surface area contributed by atoms with E-state index in [2.05, 4.69) is 0 Å². The average molecular weight is 325 g/mol. The van der Waals surface area contributed by atoms with E-state index >= 15 is 0 Å². The number of hydrogen-bond donors (Lipinski definition) is 0. The number of benzene rings is 2. The molecule has 1 atom stereocenters. The van der Waals surface area contributed by atoms with Gasteiger partial charge in [0.25, 0.3) is 0 Å². The largest absolute Gasteiger partial charge is 0.497 e. The zero-order valence-electron chi connectivity index (χ0n) is 14.2. The second-order valence-electron chi connectivity index (χ2n) is 5.97. The average Bonchev–Trinajstić information content (AvgIpc) is 2.65. The SMILES string of the molecule is COc1cccc(CCC(=O)N2CCC(OC)c3ccccc32)c1. The Morgan fingerprint density at radius 1 is 1.17 bits per heavy atom. The number of carbonyl (C=O) groups is 1. The summed E-state index contributed by atoms with van der Waals surface area (Å²) in [5, 5.41) is 0. The van der Waals surface area contributed by atoms with Crippen LogP contribution in [0.4, 0.5) is 5.69 Å². The van der Waals surface area contributed by atoms with Gasteiger partial charge >= 0.3 is 0 Å². The van der Waals surface area contributed by atoms with Crippen molar-refractivity contribution in [2.24, 2.45) is 0 Å². The van der Waals surface area contributed by atoms with E-state index in [1.165, 1.54) is 0 Å². The molecule has 126 valence electrons. The van der Waals surface area contributed by atoms with Crippen molar-refractivity contribution in [1.29, 1.82) is 0 Å². The Morgan fingerprint density at radius 2 is 2.00 bits per heavy atom. The molecule has 0 bridgehead atoms. The van der Waals surface area contributed by atoms with Gasteiger partial charge in [-0.2, -0.15) is 0 Å². The minimum absolute atomic E-state index is 0.0728. The van der Waals surface area contributed by atoms with Gasteiger partial charge in [0.2, 0.25) is 5.91 Å². The van der Waals surface area contributed by atoms with Gasteiger partial charge < -0.3 is 14.4 Å². The maximum Gasteiger partial charge on any atom is 0.227 e. The summed E-state index contributed by atoms with van der Waals surface area (Å²) in [4.78, 5) is 14.6. The van der Waals surface area contributed by atoms with Crippen LogP contribution in [0, 0.1) is 0 Å². The molecule has 1 aliphatic heterocycles. The maximum absolute atomic E-state index is 12.7. The normalized spacial score (nSPS) is 16.6. The Hall–Kier alpha value is -2.33. The van der Waals surface area contributed by atoms with Crippen LogP contribution in [0.1, 0.15) is 30.1 Å². The van der Waals surface area contributed by atoms with Crippen molar-refractivity contribution in [3.63, 3.8) is 0 Å². The number of methoxy groups -OCH3 is 2. The zero-order chi connectivity index (χ0) is 16.9. The van der Waals surface area contributed by atoms with Crippen molar-refractivity contribution in [2.45, 2.75) is 25.4 Å². The van der Waals surface area contributed by atoms with E-state index in [1.54, 1.807) is 14.2 Å². The smallest absolute Gasteiger partial charge is 0.227 e. The number of rotatable bonds is 5. The monoisotopic (exact) mass is 325 g/mol. The minimum atomic E-state index is 0.0728. The van der Waals surface area contributed by atoms with Gasteiger partial charge in [-0.3, -0.25) is 4.79 Å². The van der Waals surface area contributed by atoms with E-state index in [0.29, 0.717) is 19.4 Å². The number of para-hydroxylation sites is 1. The van der Waals surface area contributed by atoms with Gasteiger partial charge in [-0.25, -0.2) is 0 Å². The number of ether oxygens (including phenoxy) is 2. The lowest BCUT2D eigenvalue weighted by molar-refractivity contribution is -0.118.